The van der Waals surface area contributed by atoms with Crippen LogP contribution >= 0.6 is 0 Å². The first kappa shape index (κ1) is 15.5. The Morgan fingerprint density at radius 2 is 2.00 bits per heavy atom. The molecule has 0 spiro atoms. The second kappa shape index (κ2) is 6.38. The van der Waals surface area contributed by atoms with Crippen molar-refractivity contribution in [2.75, 3.05) is 13.7 Å². The second-order valence-corrected chi connectivity index (χ2v) is 5.72. The van der Waals surface area contributed by atoms with E-state index in [9.17, 15) is 9.18 Å². The van der Waals surface area contributed by atoms with Gasteiger partial charge in [-0.25, -0.2) is 9.18 Å². The van der Waals surface area contributed by atoms with Gasteiger partial charge < -0.3 is 9.84 Å². The van der Waals surface area contributed by atoms with Crippen LogP contribution in [0.15, 0.2) is 36.4 Å². The monoisotopic (exact) mass is 315 g/mol. The predicted octanol–water partition coefficient (Wildman–Crippen LogP) is 3.09. The minimum absolute atomic E-state index is 0.284. The number of methoxy groups -OCH3 is 1. The number of halogens is 1. The lowest BCUT2D eigenvalue weighted by Gasteiger charge is -2.29. The molecule has 0 radical (unpaired) electrons. The van der Waals surface area contributed by atoms with E-state index in [2.05, 4.69) is 4.90 Å². The highest BCUT2D eigenvalue weighted by Gasteiger charge is 2.19. The van der Waals surface area contributed by atoms with E-state index in [-0.39, 0.29) is 11.4 Å². The van der Waals surface area contributed by atoms with Gasteiger partial charge >= 0.3 is 5.97 Å². The SMILES string of the molecule is COc1cc2c(cc1F)CN(Cc1ccc(C(=O)O)cc1)CC2. The van der Waals surface area contributed by atoms with Gasteiger partial charge in [0.1, 0.15) is 0 Å². The molecular formula is C18H18FNO3. The van der Waals surface area contributed by atoms with Crippen LogP contribution in [0.1, 0.15) is 27.0 Å². The third-order valence-corrected chi connectivity index (χ3v) is 4.17. The zero-order valence-corrected chi connectivity index (χ0v) is 12.9. The van der Waals surface area contributed by atoms with E-state index in [4.69, 9.17) is 9.84 Å². The summed E-state index contributed by atoms with van der Waals surface area (Å²) in [5.41, 5.74) is 3.44. The molecule has 120 valence electrons. The fourth-order valence-corrected chi connectivity index (χ4v) is 2.92. The fourth-order valence-electron chi connectivity index (χ4n) is 2.92. The topological polar surface area (TPSA) is 49.8 Å². The lowest BCUT2D eigenvalue weighted by Crippen LogP contribution is -2.30. The van der Waals surface area contributed by atoms with Crippen molar-refractivity contribution in [3.05, 3.63) is 64.5 Å². The smallest absolute Gasteiger partial charge is 0.335 e. The Morgan fingerprint density at radius 1 is 1.26 bits per heavy atom. The van der Waals surface area contributed by atoms with Crippen LogP contribution in [0.4, 0.5) is 4.39 Å². The number of fused-ring (bicyclic) bond motifs is 1. The Bertz CT molecular complexity index is 728. The van der Waals surface area contributed by atoms with Gasteiger partial charge in [0.15, 0.2) is 11.6 Å². The van der Waals surface area contributed by atoms with Crippen molar-refractivity contribution in [2.24, 2.45) is 0 Å². The zero-order chi connectivity index (χ0) is 16.4. The molecule has 2 aromatic carbocycles. The van der Waals surface area contributed by atoms with E-state index in [1.807, 2.05) is 12.1 Å². The van der Waals surface area contributed by atoms with E-state index >= 15 is 0 Å². The molecule has 1 aliphatic heterocycles. The van der Waals surface area contributed by atoms with Crippen molar-refractivity contribution in [3.8, 4) is 5.75 Å². The molecule has 0 amide bonds. The minimum atomic E-state index is -0.923. The number of hydrogen-bond donors (Lipinski definition) is 1. The summed E-state index contributed by atoms with van der Waals surface area (Å²) >= 11 is 0. The summed E-state index contributed by atoms with van der Waals surface area (Å²) in [7, 11) is 1.47. The van der Waals surface area contributed by atoms with E-state index in [0.29, 0.717) is 18.8 Å². The highest BCUT2D eigenvalue weighted by Crippen LogP contribution is 2.27. The van der Waals surface area contributed by atoms with Crippen LogP contribution < -0.4 is 4.74 Å². The molecule has 5 heteroatoms. The van der Waals surface area contributed by atoms with Gasteiger partial charge in [0.25, 0.3) is 0 Å². The summed E-state index contributed by atoms with van der Waals surface area (Å²) < 4.78 is 18.9. The van der Waals surface area contributed by atoms with Gasteiger partial charge in [-0.3, -0.25) is 4.90 Å². The summed E-state index contributed by atoms with van der Waals surface area (Å²) in [6, 6.07) is 10.2. The van der Waals surface area contributed by atoms with Gasteiger partial charge in [0, 0.05) is 19.6 Å². The highest BCUT2D eigenvalue weighted by atomic mass is 19.1. The van der Waals surface area contributed by atoms with Gasteiger partial charge in [-0.2, -0.15) is 0 Å². The van der Waals surface area contributed by atoms with Crippen molar-refractivity contribution in [1.82, 2.24) is 4.90 Å². The molecule has 1 heterocycles. The van der Waals surface area contributed by atoms with Gasteiger partial charge in [0.05, 0.1) is 12.7 Å². The van der Waals surface area contributed by atoms with Crippen molar-refractivity contribution < 1.29 is 19.0 Å². The number of carbonyl (C=O) groups is 1. The summed E-state index contributed by atoms with van der Waals surface area (Å²) in [4.78, 5) is 13.1. The van der Waals surface area contributed by atoms with Crippen LogP contribution in [-0.2, 0) is 19.5 Å². The molecule has 1 N–H and O–H groups in total. The largest absolute Gasteiger partial charge is 0.494 e. The molecule has 0 unspecified atom stereocenters. The number of ether oxygens (including phenoxy) is 1. The molecule has 0 fully saturated rings. The van der Waals surface area contributed by atoms with Crippen molar-refractivity contribution in [1.29, 1.82) is 0 Å². The van der Waals surface area contributed by atoms with E-state index < -0.39 is 5.97 Å². The number of nitrogens with zero attached hydrogens (tertiary/aromatic N) is 1. The minimum Gasteiger partial charge on any atom is -0.494 e. The maximum absolute atomic E-state index is 13.9. The van der Waals surface area contributed by atoms with E-state index in [0.717, 1.165) is 29.7 Å². The average Bonchev–Trinajstić information content (AvgIpc) is 2.54. The molecule has 0 saturated heterocycles. The van der Waals surface area contributed by atoms with Crippen LogP contribution in [0, 0.1) is 5.82 Å². The van der Waals surface area contributed by atoms with Crippen LogP contribution in [0.25, 0.3) is 0 Å². The summed E-state index contributed by atoms with van der Waals surface area (Å²) in [6.45, 7) is 2.27. The number of hydrogen-bond acceptors (Lipinski definition) is 3. The first-order chi connectivity index (χ1) is 11.1. The number of carboxylic acids is 1. The predicted molar refractivity (Wildman–Crippen MR) is 84.2 cm³/mol. The molecule has 0 saturated carbocycles. The number of carboxylic acid groups (broad SMARTS) is 1. The van der Waals surface area contributed by atoms with Crippen LogP contribution in [0.2, 0.25) is 0 Å². The van der Waals surface area contributed by atoms with Crippen molar-refractivity contribution in [2.45, 2.75) is 19.5 Å². The third-order valence-electron chi connectivity index (χ3n) is 4.17. The van der Waals surface area contributed by atoms with Crippen LogP contribution in [-0.4, -0.2) is 29.6 Å². The molecule has 0 bridgehead atoms. The Kier molecular flexibility index (Phi) is 4.30. The molecule has 23 heavy (non-hydrogen) atoms. The van der Waals surface area contributed by atoms with Crippen molar-refractivity contribution >= 4 is 5.97 Å². The summed E-state index contributed by atoms with van der Waals surface area (Å²) in [6.07, 6.45) is 0.846. The normalized spacial score (nSPS) is 14.3. The maximum atomic E-state index is 13.9. The quantitative estimate of drug-likeness (QED) is 0.942. The molecule has 3 rings (SSSR count). The maximum Gasteiger partial charge on any atom is 0.335 e. The first-order valence-corrected chi connectivity index (χ1v) is 7.46. The van der Waals surface area contributed by atoms with Crippen molar-refractivity contribution in [3.63, 3.8) is 0 Å². The number of aromatic carboxylic acids is 1. The highest BCUT2D eigenvalue weighted by molar-refractivity contribution is 5.87. The first-order valence-electron chi connectivity index (χ1n) is 7.46. The lowest BCUT2D eigenvalue weighted by atomic mass is 9.98. The van der Waals surface area contributed by atoms with Crippen LogP contribution in [0.5, 0.6) is 5.75 Å². The molecule has 2 aromatic rings. The summed E-state index contributed by atoms with van der Waals surface area (Å²) in [5, 5.41) is 8.92. The molecule has 0 aliphatic carbocycles. The Morgan fingerprint density at radius 3 is 2.65 bits per heavy atom. The van der Waals surface area contributed by atoms with E-state index in [1.54, 1.807) is 24.3 Å². The molecule has 0 aromatic heterocycles. The standard InChI is InChI=1S/C18H18FNO3/c1-23-17-9-14-6-7-20(11-15(14)8-16(17)19)10-12-2-4-13(5-3-12)18(21)22/h2-5,8-9H,6-7,10-11H2,1H3,(H,21,22). The Hall–Kier alpha value is -2.40. The number of rotatable bonds is 4. The van der Waals surface area contributed by atoms with Gasteiger partial charge in [-0.1, -0.05) is 12.1 Å². The zero-order valence-electron chi connectivity index (χ0n) is 12.9. The summed E-state index contributed by atoms with van der Waals surface area (Å²) in [5.74, 6) is -0.965. The second-order valence-electron chi connectivity index (χ2n) is 5.72. The molecular weight excluding hydrogens is 297 g/mol. The lowest BCUT2D eigenvalue weighted by molar-refractivity contribution is 0.0697. The third kappa shape index (κ3) is 3.35. The molecule has 1 aliphatic rings. The molecule has 4 nitrogen and oxygen atoms in total. The Balaban J connectivity index is 1.72. The number of benzene rings is 2. The molecule has 0 atom stereocenters. The van der Waals surface area contributed by atoms with E-state index in [1.165, 1.54) is 7.11 Å². The fraction of sp³-hybridized carbons (Fsp3) is 0.278. The average molecular weight is 315 g/mol. The van der Waals surface area contributed by atoms with Gasteiger partial charge in [-0.15, -0.1) is 0 Å². The van der Waals surface area contributed by atoms with Gasteiger partial charge in [0.2, 0.25) is 0 Å². The Labute approximate surface area is 134 Å². The van der Waals surface area contributed by atoms with Crippen LogP contribution in [0.3, 0.4) is 0 Å². The van der Waals surface area contributed by atoms with Gasteiger partial charge in [-0.05, 0) is 47.4 Å².